The van der Waals surface area contributed by atoms with Crippen molar-refractivity contribution in [1.29, 1.82) is 5.26 Å². The maximum absolute atomic E-state index is 12.6. The number of nitriles is 1. The van der Waals surface area contributed by atoms with Crippen LogP contribution in [-0.2, 0) is 0 Å². The Morgan fingerprint density at radius 2 is 1.73 bits per heavy atom. The lowest BCUT2D eigenvalue weighted by molar-refractivity contribution is 0.0649. The molecule has 0 saturated carbocycles. The second-order valence-electron chi connectivity index (χ2n) is 5.60. The van der Waals surface area contributed by atoms with Crippen LogP contribution in [0.2, 0.25) is 0 Å². The molecule has 1 aliphatic rings. The summed E-state index contributed by atoms with van der Waals surface area (Å²) in [6, 6.07) is 7.12. The third kappa shape index (κ3) is 3.19. The Labute approximate surface area is 130 Å². The molecule has 1 heterocycles. The van der Waals surface area contributed by atoms with E-state index in [1.807, 2.05) is 6.92 Å². The van der Waals surface area contributed by atoms with Gasteiger partial charge >= 0.3 is 6.03 Å². The summed E-state index contributed by atoms with van der Waals surface area (Å²) >= 11 is 0. The van der Waals surface area contributed by atoms with Gasteiger partial charge < -0.3 is 14.7 Å². The molecule has 0 unspecified atom stereocenters. The molecule has 1 saturated heterocycles. The topological polar surface area (TPSA) is 67.6 Å². The van der Waals surface area contributed by atoms with Gasteiger partial charge in [-0.2, -0.15) is 5.26 Å². The molecule has 0 N–H and O–H groups in total. The van der Waals surface area contributed by atoms with Crippen LogP contribution >= 0.6 is 0 Å². The third-order valence-electron chi connectivity index (χ3n) is 3.81. The van der Waals surface area contributed by atoms with E-state index in [1.54, 1.807) is 47.0 Å². The number of nitrogens with zero attached hydrogens (tertiary/aromatic N) is 4. The molecule has 0 atom stereocenters. The van der Waals surface area contributed by atoms with Gasteiger partial charge in [0, 0.05) is 45.8 Å². The number of rotatable bonds is 1. The molecule has 0 spiro atoms. The first-order valence-electron chi connectivity index (χ1n) is 7.20. The van der Waals surface area contributed by atoms with Gasteiger partial charge in [0.25, 0.3) is 5.91 Å². The molecule has 3 amide bonds. The van der Waals surface area contributed by atoms with Crippen molar-refractivity contribution >= 4 is 11.9 Å². The first-order valence-corrected chi connectivity index (χ1v) is 7.20. The van der Waals surface area contributed by atoms with Gasteiger partial charge in [0.15, 0.2) is 0 Å². The maximum atomic E-state index is 12.6. The van der Waals surface area contributed by atoms with E-state index in [2.05, 4.69) is 6.07 Å². The number of aryl methyl sites for hydroxylation is 1. The van der Waals surface area contributed by atoms with Crippen molar-refractivity contribution in [3.05, 3.63) is 34.9 Å². The van der Waals surface area contributed by atoms with Gasteiger partial charge in [-0.3, -0.25) is 4.79 Å². The van der Waals surface area contributed by atoms with Gasteiger partial charge in [0.1, 0.15) is 0 Å². The lowest BCUT2D eigenvalue weighted by Gasteiger charge is -2.36. The smallest absolute Gasteiger partial charge is 0.319 e. The number of urea groups is 1. The zero-order valence-electron chi connectivity index (χ0n) is 13.2. The van der Waals surface area contributed by atoms with Gasteiger partial charge in [0.2, 0.25) is 0 Å². The summed E-state index contributed by atoms with van der Waals surface area (Å²) in [5.41, 5.74) is 1.97. The van der Waals surface area contributed by atoms with Crippen LogP contribution in [0.15, 0.2) is 18.2 Å². The number of carbonyl (C=O) groups excluding carboxylic acids is 2. The highest BCUT2D eigenvalue weighted by molar-refractivity contribution is 5.96. The molecule has 1 aromatic rings. The van der Waals surface area contributed by atoms with Crippen molar-refractivity contribution in [2.45, 2.75) is 6.92 Å². The van der Waals surface area contributed by atoms with E-state index < -0.39 is 0 Å². The fraction of sp³-hybridized carbons (Fsp3) is 0.438. The van der Waals surface area contributed by atoms with Crippen molar-refractivity contribution in [2.75, 3.05) is 40.3 Å². The largest absolute Gasteiger partial charge is 0.335 e. The average Bonchev–Trinajstić information content (AvgIpc) is 2.53. The normalized spacial score (nSPS) is 14.5. The van der Waals surface area contributed by atoms with Gasteiger partial charge in [-0.25, -0.2) is 4.79 Å². The minimum Gasteiger partial charge on any atom is -0.335 e. The van der Waals surface area contributed by atoms with E-state index >= 15 is 0 Å². The lowest BCUT2D eigenvalue weighted by Crippen LogP contribution is -2.52. The lowest BCUT2D eigenvalue weighted by atomic mass is 10.0. The van der Waals surface area contributed by atoms with Crippen LogP contribution in [0.4, 0.5) is 4.79 Å². The molecule has 1 aliphatic heterocycles. The Morgan fingerprint density at radius 3 is 2.23 bits per heavy atom. The molecule has 6 heteroatoms. The summed E-state index contributed by atoms with van der Waals surface area (Å²) < 4.78 is 0. The molecule has 1 fully saturated rings. The zero-order chi connectivity index (χ0) is 16.3. The summed E-state index contributed by atoms with van der Waals surface area (Å²) in [7, 11) is 3.44. The van der Waals surface area contributed by atoms with E-state index in [0.29, 0.717) is 37.3 Å². The summed E-state index contributed by atoms with van der Waals surface area (Å²) in [5, 5.41) is 8.88. The van der Waals surface area contributed by atoms with Crippen LogP contribution < -0.4 is 0 Å². The summed E-state index contributed by atoms with van der Waals surface area (Å²) in [6.07, 6.45) is 0. The standard InChI is InChI=1S/C16H20N4O2/c1-12-10-13(11-17)4-5-14(12)15(21)19-6-8-20(9-7-19)16(22)18(2)3/h4-5,10H,6-9H2,1-3H3. The van der Waals surface area contributed by atoms with Crippen molar-refractivity contribution in [3.63, 3.8) is 0 Å². The minimum atomic E-state index is -0.0426. The molecular weight excluding hydrogens is 280 g/mol. The number of hydrogen-bond acceptors (Lipinski definition) is 3. The SMILES string of the molecule is Cc1cc(C#N)ccc1C(=O)N1CCN(C(=O)N(C)C)CC1. The molecule has 0 bridgehead atoms. The van der Waals surface area contributed by atoms with E-state index in [0.717, 1.165) is 5.56 Å². The molecule has 2 rings (SSSR count). The first-order chi connectivity index (χ1) is 10.4. The Kier molecular flexibility index (Phi) is 4.66. The molecule has 116 valence electrons. The molecule has 6 nitrogen and oxygen atoms in total. The fourth-order valence-electron chi connectivity index (χ4n) is 2.53. The fourth-order valence-corrected chi connectivity index (χ4v) is 2.53. The van der Waals surface area contributed by atoms with Gasteiger partial charge in [-0.05, 0) is 30.7 Å². The maximum Gasteiger partial charge on any atom is 0.319 e. The average molecular weight is 300 g/mol. The van der Waals surface area contributed by atoms with Crippen molar-refractivity contribution in [2.24, 2.45) is 0 Å². The van der Waals surface area contributed by atoms with Crippen LogP contribution in [0, 0.1) is 18.3 Å². The van der Waals surface area contributed by atoms with Gasteiger partial charge in [-0.1, -0.05) is 0 Å². The molecule has 1 aromatic carbocycles. The predicted octanol–water partition coefficient (Wildman–Crippen LogP) is 1.31. The molecular formula is C16H20N4O2. The van der Waals surface area contributed by atoms with E-state index in [-0.39, 0.29) is 11.9 Å². The van der Waals surface area contributed by atoms with Gasteiger partial charge in [-0.15, -0.1) is 0 Å². The van der Waals surface area contributed by atoms with Crippen molar-refractivity contribution in [3.8, 4) is 6.07 Å². The van der Waals surface area contributed by atoms with Crippen LogP contribution in [0.1, 0.15) is 21.5 Å². The number of amides is 3. The molecule has 0 aliphatic carbocycles. The monoisotopic (exact) mass is 300 g/mol. The summed E-state index contributed by atoms with van der Waals surface area (Å²) in [4.78, 5) is 29.5. The first kappa shape index (κ1) is 15.8. The highest BCUT2D eigenvalue weighted by Crippen LogP contribution is 2.15. The molecule has 0 radical (unpaired) electrons. The second-order valence-corrected chi connectivity index (χ2v) is 5.60. The Morgan fingerprint density at radius 1 is 1.14 bits per heavy atom. The van der Waals surface area contributed by atoms with Crippen LogP contribution in [0.25, 0.3) is 0 Å². The number of benzene rings is 1. The number of piperazine rings is 1. The summed E-state index contributed by atoms with van der Waals surface area (Å²) in [5.74, 6) is -0.0426. The molecule has 0 aromatic heterocycles. The van der Waals surface area contributed by atoms with E-state index in [1.165, 1.54) is 0 Å². The van der Waals surface area contributed by atoms with Crippen molar-refractivity contribution < 1.29 is 9.59 Å². The zero-order valence-corrected chi connectivity index (χ0v) is 13.2. The highest BCUT2D eigenvalue weighted by Gasteiger charge is 2.26. The summed E-state index contributed by atoms with van der Waals surface area (Å²) in [6.45, 7) is 3.96. The van der Waals surface area contributed by atoms with Crippen LogP contribution in [-0.4, -0.2) is 66.9 Å². The van der Waals surface area contributed by atoms with Crippen LogP contribution in [0.3, 0.4) is 0 Å². The Bertz CT molecular complexity index is 626. The third-order valence-corrected chi connectivity index (χ3v) is 3.81. The quantitative estimate of drug-likeness (QED) is 0.785. The molecule has 22 heavy (non-hydrogen) atoms. The Hall–Kier alpha value is -2.55. The Balaban J connectivity index is 2.04. The number of carbonyl (C=O) groups is 2. The highest BCUT2D eigenvalue weighted by atomic mass is 16.2. The predicted molar refractivity (Wildman–Crippen MR) is 82.5 cm³/mol. The van der Waals surface area contributed by atoms with Crippen molar-refractivity contribution in [1.82, 2.24) is 14.7 Å². The van der Waals surface area contributed by atoms with E-state index in [4.69, 9.17) is 5.26 Å². The minimum absolute atomic E-state index is 0.0262. The number of hydrogen-bond donors (Lipinski definition) is 0. The van der Waals surface area contributed by atoms with Crippen LogP contribution in [0.5, 0.6) is 0 Å². The van der Waals surface area contributed by atoms with E-state index in [9.17, 15) is 9.59 Å². The second kappa shape index (κ2) is 6.48. The van der Waals surface area contributed by atoms with Gasteiger partial charge in [0.05, 0.1) is 11.6 Å².